The number of nitrogens with zero attached hydrogens (tertiary/aromatic N) is 1. The second-order valence-corrected chi connectivity index (χ2v) is 9.16. The highest BCUT2D eigenvalue weighted by Crippen LogP contribution is 2.41. The van der Waals surface area contributed by atoms with Crippen LogP contribution >= 0.6 is 0 Å². The normalized spacial score (nSPS) is 11.4. The number of hydrogen-bond acceptors (Lipinski definition) is 5. The van der Waals surface area contributed by atoms with Crippen LogP contribution in [0, 0.1) is 13.8 Å². The molecular formula is C28H31NO4+. The van der Waals surface area contributed by atoms with E-state index in [1.807, 2.05) is 100 Å². The summed E-state index contributed by atoms with van der Waals surface area (Å²) < 4.78 is 10.3. The SMILES string of the molecule is COC(=O)c1cc(C(C)(C)C)cc(C(=O)OC)c1[N+](c1ccc(C)cc1)c1ccc(C)cc1. The van der Waals surface area contributed by atoms with Crippen LogP contribution < -0.4 is 4.90 Å². The van der Waals surface area contributed by atoms with Crippen LogP contribution in [0.2, 0.25) is 0 Å². The molecule has 171 valence electrons. The number of aryl methyl sites for hydroxylation is 2. The molecule has 0 amide bonds. The van der Waals surface area contributed by atoms with Crippen molar-refractivity contribution in [1.82, 2.24) is 4.90 Å². The van der Waals surface area contributed by atoms with E-state index in [1.54, 1.807) is 0 Å². The van der Waals surface area contributed by atoms with Gasteiger partial charge in [-0.25, -0.2) is 9.59 Å². The van der Waals surface area contributed by atoms with Crippen LogP contribution in [-0.4, -0.2) is 26.2 Å². The minimum absolute atomic E-state index is 0.298. The first-order valence-electron chi connectivity index (χ1n) is 10.9. The Kier molecular flexibility index (Phi) is 7.04. The van der Waals surface area contributed by atoms with Gasteiger partial charge in [0.05, 0.1) is 14.2 Å². The maximum atomic E-state index is 13.1. The Morgan fingerprint density at radius 3 is 1.36 bits per heavy atom. The molecule has 0 heterocycles. The fourth-order valence-electron chi connectivity index (χ4n) is 3.63. The summed E-state index contributed by atoms with van der Waals surface area (Å²) >= 11 is 0. The van der Waals surface area contributed by atoms with Crippen molar-refractivity contribution in [1.29, 1.82) is 0 Å². The molecule has 3 aromatic rings. The van der Waals surface area contributed by atoms with Crippen molar-refractivity contribution in [2.45, 2.75) is 40.0 Å². The number of esters is 2. The van der Waals surface area contributed by atoms with Gasteiger partial charge in [-0.05, 0) is 37.0 Å². The van der Waals surface area contributed by atoms with Gasteiger partial charge in [-0.15, -0.1) is 0 Å². The van der Waals surface area contributed by atoms with E-state index in [2.05, 4.69) is 0 Å². The summed E-state index contributed by atoms with van der Waals surface area (Å²) in [5.74, 6) is -1.05. The fourth-order valence-corrected chi connectivity index (χ4v) is 3.63. The molecule has 5 nitrogen and oxygen atoms in total. The number of benzene rings is 3. The summed E-state index contributed by atoms with van der Waals surface area (Å²) in [6.45, 7) is 10.1. The lowest BCUT2D eigenvalue weighted by molar-refractivity contribution is 0.0599. The minimum Gasteiger partial charge on any atom is -0.465 e. The summed E-state index contributed by atoms with van der Waals surface area (Å²) in [5.41, 5.74) is 5.38. The van der Waals surface area contributed by atoms with E-state index in [-0.39, 0.29) is 5.41 Å². The molecule has 0 saturated heterocycles. The third kappa shape index (κ3) is 5.15. The molecule has 0 N–H and O–H groups in total. The Balaban J connectivity index is 2.45. The molecule has 0 atom stereocenters. The summed E-state index contributed by atoms with van der Waals surface area (Å²) in [5, 5.41) is 0. The maximum Gasteiger partial charge on any atom is 0.344 e. The maximum absolute atomic E-state index is 13.1. The summed E-state index contributed by atoms with van der Waals surface area (Å²) in [7, 11) is 2.69. The van der Waals surface area contributed by atoms with Gasteiger partial charge >= 0.3 is 11.9 Å². The molecule has 0 aromatic heterocycles. The minimum atomic E-state index is -0.523. The zero-order chi connectivity index (χ0) is 24.3. The molecule has 3 aromatic carbocycles. The average molecular weight is 446 g/mol. The van der Waals surface area contributed by atoms with Gasteiger partial charge in [0, 0.05) is 24.3 Å². The smallest absolute Gasteiger partial charge is 0.344 e. The standard InChI is InChI=1S/C28H31NO4/c1-18-8-12-21(13-9-18)29(22-14-10-19(2)11-15-22)25-23(26(30)32-6)16-20(28(3,4)5)17-24(25)27(31)33-7/h8-17H,1-7H3/q+1. The number of methoxy groups -OCH3 is 2. The van der Waals surface area contributed by atoms with Gasteiger partial charge in [-0.2, -0.15) is 0 Å². The van der Waals surface area contributed by atoms with Crippen LogP contribution in [0.4, 0.5) is 17.1 Å². The highest BCUT2D eigenvalue weighted by molar-refractivity contribution is 6.05. The Labute approximate surface area is 196 Å². The summed E-state index contributed by atoms with van der Waals surface area (Å²) in [6, 6.07) is 19.5. The molecule has 0 aliphatic heterocycles. The van der Waals surface area contributed by atoms with Crippen molar-refractivity contribution in [2.75, 3.05) is 14.2 Å². The van der Waals surface area contributed by atoms with E-state index in [4.69, 9.17) is 9.47 Å². The second kappa shape index (κ2) is 9.59. The van der Waals surface area contributed by atoms with E-state index < -0.39 is 11.9 Å². The lowest BCUT2D eigenvalue weighted by Crippen LogP contribution is -2.23. The number of anilines is 3. The quantitative estimate of drug-likeness (QED) is 0.327. The monoisotopic (exact) mass is 445 g/mol. The lowest BCUT2D eigenvalue weighted by atomic mass is 9.84. The summed E-state index contributed by atoms with van der Waals surface area (Å²) in [4.78, 5) is 28.0. The predicted octanol–water partition coefficient (Wildman–Crippen LogP) is 6.61. The number of carbonyl (C=O) groups is 2. The fraction of sp³-hybridized carbons (Fsp3) is 0.286. The average Bonchev–Trinajstić information content (AvgIpc) is 2.79. The van der Waals surface area contributed by atoms with Crippen LogP contribution in [0.5, 0.6) is 0 Å². The van der Waals surface area contributed by atoms with Crippen LogP contribution in [0.3, 0.4) is 0 Å². The lowest BCUT2D eigenvalue weighted by Gasteiger charge is -2.23. The molecule has 0 fully saturated rings. The van der Waals surface area contributed by atoms with E-state index in [9.17, 15) is 9.59 Å². The molecule has 0 saturated carbocycles. The van der Waals surface area contributed by atoms with Crippen molar-refractivity contribution in [2.24, 2.45) is 0 Å². The number of rotatable bonds is 5. The molecule has 3 rings (SSSR count). The molecule has 0 spiro atoms. The molecule has 0 unspecified atom stereocenters. The van der Waals surface area contributed by atoms with Crippen molar-refractivity contribution in [3.63, 3.8) is 0 Å². The van der Waals surface area contributed by atoms with Gasteiger partial charge in [0.1, 0.15) is 11.1 Å². The van der Waals surface area contributed by atoms with Gasteiger partial charge in [-0.3, -0.25) is 0 Å². The van der Waals surface area contributed by atoms with E-state index in [0.29, 0.717) is 16.8 Å². The van der Waals surface area contributed by atoms with Crippen LogP contribution in [0.25, 0.3) is 0 Å². The molecular weight excluding hydrogens is 414 g/mol. The third-order valence-electron chi connectivity index (χ3n) is 5.59. The Morgan fingerprint density at radius 1 is 0.697 bits per heavy atom. The first-order chi connectivity index (χ1) is 15.6. The third-order valence-corrected chi connectivity index (χ3v) is 5.59. The van der Waals surface area contributed by atoms with Crippen LogP contribution in [-0.2, 0) is 14.9 Å². The van der Waals surface area contributed by atoms with Crippen molar-refractivity contribution < 1.29 is 19.1 Å². The zero-order valence-electron chi connectivity index (χ0n) is 20.4. The van der Waals surface area contributed by atoms with E-state index in [0.717, 1.165) is 28.1 Å². The number of hydrogen-bond donors (Lipinski definition) is 0. The molecule has 0 aliphatic rings. The highest BCUT2D eigenvalue weighted by Gasteiger charge is 2.38. The summed E-state index contributed by atoms with van der Waals surface area (Å²) in [6.07, 6.45) is 0. The highest BCUT2D eigenvalue weighted by atomic mass is 16.5. The first kappa shape index (κ1) is 24.2. The van der Waals surface area contributed by atoms with E-state index >= 15 is 0 Å². The molecule has 33 heavy (non-hydrogen) atoms. The Hall–Kier alpha value is -3.44. The van der Waals surface area contributed by atoms with Gasteiger partial charge in [0.15, 0.2) is 11.4 Å². The second-order valence-electron chi connectivity index (χ2n) is 9.16. The zero-order valence-corrected chi connectivity index (χ0v) is 20.4. The largest absolute Gasteiger partial charge is 0.465 e. The topological polar surface area (TPSA) is 58.5 Å². The van der Waals surface area contributed by atoms with Crippen molar-refractivity contribution >= 4 is 29.0 Å². The Bertz CT molecular complexity index is 1070. The van der Waals surface area contributed by atoms with Gasteiger partial charge in [0.25, 0.3) is 0 Å². The number of carbonyl (C=O) groups excluding carboxylic acids is 2. The van der Waals surface area contributed by atoms with Crippen LogP contribution in [0.15, 0.2) is 60.7 Å². The predicted molar refractivity (Wildman–Crippen MR) is 131 cm³/mol. The van der Waals surface area contributed by atoms with Gasteiger partial charge in [0.2, 0.25) is 5.69 Å². The molecule has 1 radical (unpaired) electrons. The molecule has 5 heteroatoms. The molecule has 0 aliphatic carbocycles. The van der Waals surface area contributed by atoms with E-state index in [1.165, 1.54) is 14.2 Å². The number of ether oxygens (including phenoxy) is 2. The van der Waals surface area contributed by atoms with Crippen molar-refractivity contribution in [3.05, 3.63) is 88.5 Å². The first-order valence-corrected chi connectivity index (χ1v) is 10.9. The van der Waals surface area contributed by atoms with Gasteiger partial charge in [-0.1, -0.05) is 61.1 Å². The van der Waals surface area contributed by atoms with Crippen LogP contribution in [0.1, 0.15) is 58.2 Å². The molecule has 0 bridgehead atoms. The van der Waals surface area contributed by atoms with Gasteiger partial charge < -0.3 is 9.47 Å². The van der Waals surface area contributed by atoms with Crippen molar-refractivity contribution in [3.8, 4) is 0 Å². The Morgan fingerprint density at radius 2 is 1.06 bits per heavy atom.